The number of benzene rings is 3. The number of carbonyl (C=O) groups is 2. The lowest BCUT2D eigenvalue weighted by atomic mass is 10.2. The van der Waals surface area contributed by atoms with Gasteiger partial charge in [0.15, 0.2) is 6.61 Å². The average molecular weight is 481 g/mol. The Balaban J connectivity index is 1.30. The number of para-hydroxylation sites is 1. The molecule has 0 bridgehead atoms. The van der Waals surface area contributed by atoms with E-state index >= 15 is 0 Å². The number of halogens is 1. The second-order valence-electron chi connectivity index (χ2n) is 7.63. The summed E-state index contributed by atoms with van der Waals surface area (Å²) in [5.41, 5.74) is 1.19. The Labute approximate surface area is 203 Å². The number of fused-ring (bicyclic) bond motifs is 1. The Morgan fingerprint density at radius 2 is 1.71 bits per heavy atom. The first kappa shape index (κ1) is 23.4. The summed E-state index contributed by atoms with van der Waals surface area (Å²) in [5, 5.41) is 3.51. The van der Waals surface area contributed by atoms with Crippen molar-refractivity contribution < 1.29 is 23.8 Å². The topological polar surface area (TPSA) is 77.1 Å². The van der Waals surface area contributed by atoms with Gasteiger partial charge in [0.1, 0.15) is 23.9 Å². The zero-order valence-electron chi connectivity index (χ0n) is 18.5. The zero-order valence-corrected chi connectivity index (χ0v) is 19.3. The maximum Gasteiger partial charge on any atom is 0.265 e. The van der Waals surface area contributed by atoms with Crippen LogP contribution in [-0.2, 0) is 9.59 Å². The van der Waals surface area contributed by atoms with Crippen LogP contribution in [0.5, 0.6) is 17.2 Å². The summed E-state index contributed by atoms with van der Waals surface area (Å²) in [6.45, 7) is 1.04. The third-order valence-electron chi connectivity index (χ3n) is 5.14. The molecule has 0 saturated heterocycles. The highest BCUT2D eigenvalue weighted by atomic mass is 35.5. The Hall–Kier alpha value is -3.71. The molecule has 0 fully saturated rings. The number of ether oxygens (including phenoxy) is 3. The number of amides is 2. The van der Waals surface area contributed by atoms with Gasteiger partial charge in [-0.2, -0.15) is 0 Å². The van der Waals surface area contributed by atoms with Gasteiger partial charge in [0.2, 0.25) is 5.91 Å². The molecule has 0 unspecified atom stereocenters. The van der Waals surface area contributed by atoms with Gasteiger partial charge in [0.25, 0.3) is 5.91 Å². The van der Waals surface area contributed by atoms with Crippen LogP contribution < -0.4 is 24.4 Å². The standard InChI is InChI=1S/C26H25ClN2O5/c27-19-8-11-22(12-9-19)33-16-14-29-23-17-20(10-13-24(23)34-18-26(29)31)28-25(30)7-4-15-32-21-5-2-1-3-6-21/h1-3,5-6,8-13,17H,4,7,14-16,18H2,(H,28,30). The highest BCUT2D eigenvalue weighted by molar-refractivity contribution is 6.30. The van der Waals surface area contributed by atoms with E-state index in [0.717, 1.165) is 5.75 Å². The van der Waals surface area contributed by atoms with E-state index in [1.54, 1.807) is 47.4 Å². The van der Waals surface area contributed by atoms with Gasteiger partial charge < -0.3 is 24.4 Å². The number of rotatable bonds is 10. The molecule has 0 atom stereocenters. The van der Waals surface area contributed by atoms with Gasteiger partial charge in [0, 0.05) is 17.1 Å². The predicted molar refractivity (Wildman–Crippen MR) is 131 cm³/mol. The Morgan fingerprint density at radius 3 is 2.50 bits per heavy atom. The van der Waals surface area contributed by atoms with Crippen molar-refractivity contribution in [3.8, 4) is 17.2 Å². The Kier molecular flexibility index (Phi) is 7.88. The predicted octanol–water partition coefficient (Wildman–Crippen LogP) is 4.94. The second kappa shape index (κ2) is 11.4. The third kappa shape index (κ3) is 6.42. The zero-order chi connectivity index (χ0) is 23.8. The van der Waals surface area contributed by atoms with E-state index in [4.69, 9.17) is 25.8 Å². The molecule has 8 heteroatoms. The SMILES string of the molecule is O=C(CCCOc1ccccc1)Nc1ccc2c(c1)N(CCOc1ccc(Cl)cc1)C(=O)CO2. The maximum absolute atomic E-state index is 12.5. The molecule has 0 radical (unpaired) electrons. The summed E-state index contributed by atoms with van der Waals surface area (Å²) in [7, 11) is 0. The quantitative estimate of drug-likeness (QED) is 0.416. The van der Waals surface area contributed by atoms with Gasteiger partial charge >= 0.3 is 0 Å². The van der Waals surface area contributed by atoms with Crippen LogP contribution in [0.15, 0.2) is 72.8 Å². The van der Waals surface area contributed by atoms with E-state index in [0.29, 0.717) is 60.5 Å². The van der Waals surface area contributed by atoms with Gasteiger partial charge in [-0.1, -0.05) is 29.8 Å². The third-order valence-corrected chi connectivity index (χ3v) is 5.40. The molecule has 2 amide bonds. The Morgan fingerprint density at radius 1 is 0.971 bits per heavy atom. The molecule has 3 aromatic carbocycles. The number of nitrogens with one attached hydrogen (secondary N) is 1. The molecule has 1 heterocycles. The molecule has 1 aliphatic rings. The number of hydrogen-bond donors (Lipinski definition) is 1. The lowest BCUT2D eigenvalue weighted by Crippen LogP contribution is -2.41. The molecule has 1 aliphatic heterocycles. The van der Waals surface area contributed by atoms with Crippen LogP contribution in [0.2, 0.25) is 5.02 Å². The van der Waals surface area contributed by atoms with Gasteiger partial charge in [-0.15, -0.1) is 0 Å². The lowest BCUT2D eigenvalue weighted by Gasteiger charge is -2.29. The first-order valence-electron chi connectivity index (χ1n) is 11.0. The van der Waals surface area contributed by atoms with Gasteiger partial charge in [-0.3, -0.25) is 9.59 Å². The monoisotopic (exact) mass is 480 g/mol. The molecule has 3 aromatic rings. The van der Waals surface area contributed by atoms with Gasteiger partial charge in [-0.05, 0) is 61.0 Å². The minimum Gasteiger partial charge on any atom is -0.494 e. The second-order valence-corrected chi connectivity index (χ2v) is 8.07. The van der Waals surface area contributed by atoms with Crippen molar-refractivity contribution in [2.45, 2.75) is 12.8 Å². The van der Waals surface area contributed by atoms with E-state index in [1.807, 2.05) is 30.3 Å². The number of hydrogen-bond acceptors (Lipinski definition) is 5. The van der Waals surface area contributed by atoms with Crippen molar-refractivity contribution in [1.82, 2.24) is 0 Å². The van der Waals surface area contributed by atoms with Crippen LogP contribution in [-0.4, -0.2) is 38.2 Å². The fourth-order valence-electron chi connectivity index (χ4n) is 3.47. The molecular weight excluding hydrogens is 456 g/mol. The summed E-state index contributed by atoms with van der Waals surface area (Å²) in [6, 6.07) is 21.8. The van der Waals surface area contributed by atoms with Crippen LogP contribution in [0, 0.1) is 0 Å². The summed E-state index contributed by atoms with van der Waals surface area (Å²) in [6.07, 6.45) is 0.902. The number of carbonyl (C=O) groups excluding carboxylic acids is 2. The molecular formula is C26H25ClN2O5. The van der Waals surface area contributed by atoms with Crippen molar-refractivity contribution in [1.29, 1.82) is 0 Å². The molecule has 7 nitrogen and oxygen atoms in total. The molecule has 34 heavy (non-hydrogen) atoms. The van der Waals surface area contributed by atoms with Crippen LogP contribution in [0.1, 0.15) is 12.8 Å². The highest BCUT2D eigenvalue weighted by Gasteiger charge is 2.26. The first-order valence-corrected chi connectivity index (χ1v) is 11.4. The highest BCUT2D eigenvalue weighted by Crippen LogP contribution is 2.34. The van der Waals surface area contributed by atoms with Crippen LogP contribution in [0.25, 0.3) is 0 Å². The number of nitrogens with zero attached hydrogens (tertiary/aromatic N) is 1. The van der Waals surface area contributed by atoms with E-state index in [9.17, 15) is 9.59 Å². The molecule has 176 valence electrons. The lowest BCUT2D eigenvalue weighted by molar-refractivity contribution is -0.121. The van der Waals surface area contributed by atoms with Crippen molar-refractivity contribution in [3.05, 3.63) is 77.8 Å². The summed E-state index contributed by atoms with van der Waals surface area (Å²) >= 11 is 5.90. The molecule has 0 spiro atoms. The fraction of sp³-hybridized carbons (Fsp3) is 0.231. The van der Waals surface area contributed by atoms with Crippen LogP contribution >= 0.6 is 11.6 Å². The summed E-state index contributed by atoms with van der Waals surface area (Å²) in [5.74, 6) is 1.73. The molecule has 0 aromatic heterocycles. The molecule has 4 rings (SSSR count). The van der Waals surface area contributed by atoms with Crippen molar-refractivity contribution in [2.24, 2.45) is 0 Å². The van der Waals surface area contributed by atoms with E-state index in [-0.39, 0.29) is 18.4 Å². The molecule has 0 aliphatic carbocycles. The Bertz CT molecular complexity index is 1120. The number of anilines is 2. The van der Waals surface area contributed by atoms with E-state index in [2.05, 4.69) is 5.32 Å². The van der Waals surface area contributed by atoms with E-state index in [1.165, 1.54) is 0 Å². The fourth-order valence-corrected chi connectivity index (χ4v) is 3.60. The van der Waals surface area contributed by atoms with E-state index < -0.39 is 0 Å². The first-order chi connectivity index (χ1) is 16.6. The van der Waals surface area contributed by atoms with Crippen LogP contribution in [0.3, 0.4) is 0 Å². The molecule has 0 saturated carbocycles. The van der Waals surface area contributed by atoms with Crippen molar-refractivity contribution in [2.75, 3.05) is 36.6 Å². The smallest absolute Gasteiger partial charge is 0.265 e. The van der Waals surface area contributed by atoms with Crippen LogP contribution in [0.4, 0.5) is 11.4 Å². The molecule has 1 N–H and O–H groups in total. The van der Waals surface area contributed by atoms with Gasteiger partial charge in [-0.25, -0.2) is 0 Å². The maximum atomic E-state index is 12.5. The minimum atomic E-state index is -0.172. The van der Waals surface area contributed by atoms with Crippen molar-refractivity contribution in [3.63, 3.8) is 0 Å². The van der Waals surface area contributed by atoms with Gasteiger partial charge in [0.05, 0.1) is 18.8 Å². The van der Waals surface area contributed by atoms with Crippen molar-refractivity contribution >= 4 is 34.8 Å². The summed E-state index contributed by atoms with van der Waals surface area (Å²) < 4.78 is 16.9. The largest absolute Gasteiger partial charge is 0.494 e. The average Bonchev–Trinajstić information content (AvgIpc) is 2.85. The summed E-state index contributed by atoms with van der Waals surface area (Å²) in [4.78, 5) is 26.5. The normalized spacial score (nSPS) is 12.5. The minimum absolute atomic E-state index is 0.0406.